The van der Waals surface area contributed by atoms with Gasteiger partial charge in [0.25, 0.3) is 10.0 Å². The Labute approximate surface area is 246 Å². The molecular weight excluding hydrogens is 564 g/mol. The van der Waals surface area contributed by atoms with E-state index >= 15 is 0 Å². The predicted octanol–water partition coefficient (Wildman–Crippen LogP) is 5.28. The highest BCUT2D eigenvalue weighted by molar-refractivity contribution is 7.92. The fourth-order valence-corrected chi connectivity index (χ4v) is 5.71. The van der Waals surface area contributed by atoms with E-state index in [1.165, 1.54) is 41.3 Å². The maximum atomic E-state index is 14.1. The number of rotatable bonds is 12. The van der Waals surface area contributed by atoms with Gasteiger partial charge in [0, 0.05) is 12.1 Å². The summed E-state index contributed by atoms with van der Waals surface area (Å²) >= 11 is 0. The maximum Gasteiger partial charge on any atom is 0.264 e. The van der Waals surface area contributed by atoms with Gasteiger partial charge in [0.1, 0.15) is 30.0 Å². The highest BCUT2D eigenvalue weighted by Gasteiger charge is 2.34. The number of nitrogens with zero attached hydrogens (tertiary/aromatic N) is 2. The Bertz CT molecular complexity index is 1460. The van der Waals surface area contributed by atoms with Gasteiger partial charge in [-0.25, -0.2) is 17.2 Å². The fourth-order valence-electron chi connectivity index (χ4n) is 4.30. The summed E-state index contributed by atoms with van der Waals surface area (Å²) in [5.74, 6) is -1.63. The average Bonchev–Trinajstić information content (AvgIpc) is 2.92. The van der Waals surface area contributed by atoms with E-state index in [0.29, 0.717) is 17.9 Å². The van der Waals surface area contributed by atoms with Gasteiger partial charge in [-0.15, -0.1) is 0 Å². The number of nitrogens with one attached hydrogen (secondary N) is 1. The van der Waals surface area contributed by atoms with E-state index in [1.54, 1.807) is 19.1 Å². The number of halogens is 2. The van der Waals surface area contributed by atoms with Crippen molar-refractivity contribution in [1.82, 2.24) is 10.2 Å². The number of hydrogen-bond donors (Lipinski definition) is 1. The predicted molar refractivity (Wildman–Crippen MR) is 157 cm³/mol. The summed E-state index contributed by atoms with van der Waals surface area (Å²) < 4.78 is 61.4. The van der Waals surface area contributed by atoms with Crippen molar-refractivity contribution < 1.29 is 31.5 Å². The van der Waals surface area contributed by atoms with Gasteiger partial charge in [0.15, 0.2) is 0 Å². The molecule has 11 heteroatoms. The van der Waals surface area contributed by atoms with Crippen molar-refractivity contribution >= 4 is 27.5 Å². The van der Waals surface area contributed by atoms with Crippen molar-refractivity contribution in [3.63, 3.8) is 0 Å². The summed E-state index contributed by atoms with van der Waals surface area (Å²) in [6, 6.07) is 15.0. The molecule has 0 heterocycles. The van der Waals surface area contributed by atoms with Gasteiger partial charge in [-0.3, -0.25) is 13.9 Å². The summed E-state index contributed by atoms with van der Waals surface area (Å²) in [7, 11) is -4.36. The van der Waals surface area contributed by atoms with Gasteiger partial charge in [-0.2, -0.15) is 0 Å². The molecule has 0 aliphatic carbocycles. The van der Waals surface area contributed by atoms with Crippen molar-refractivity contribution in [3.05, 3.63) is 90.0 Å². The maximum absolute atomic E-state index is 14.1. The number of hydrogen-bond acceptors (Lipinski definition) is 5. The lowest BCUT2D eigenvalue weighted by Crippen LogP contribution is -2.55. The molecule has 1 atom stereocenters. The molecule has 0 fully saturated rings. The quantitative estimate of drug-likeness (QED) is 0.305. The van der Waals surface area contributed by atoms with Crippen LogP contribution in [-0.2, 0) is 26.2 Å². The lowest BCUT2D eigenvalue weighted by Gasteiger charge is -2.34. The molecule has 0 aromatic heterocycles. The Morgan fingerprint density at radius 2 is 1.43 bits per heavy atom. The molecule has 3 aromatic carbocycles. The van der Waals surface area contributed by atoms with Crippen LogP contribution in [0.25, 0.3) is 0 Å². The van der Waals surface area contributed by atoms with Crippen molar-refractivity contribution in [2.75, 3.05) is 17.5 Å². The largest absolute Gasteiger partial charge is 0.494 e. The minimum Gasteiger partial charge on any atom is -0.494 e. The van der Waals surface area contributed by atoms with Crippen LogP contribution < -0.4 is 14.4 Å². The SMILES string of the molecule is CCOc1ccc(N(CC(=O)N(Cc2ccc(F)cc2)C(CC)C(=O)NC(C)(C)C)S(=O)(=O)c2ccc(F)cc2)cc1. The number of ether oxygens (including phenoxy) is 1. The molecule has 226 valence electrons. The number of amides is 2. The average molecular weight is 602 g/mol. The summed E-state index contributed by atoms with van der Waals surface area (Å²) in [6.45, 7) is 8.68. The number of sulfonamides is 1. The molecule has 0 saturated heterocycles. The Morgan fingerprint density at radius 3 is 1.93 bits per heavy atom. The van der Waals surface area contributed by atoms with Crippen molar-refractivity contribution in [3.8, 4) is 5.75 Å². The number of carbonyl (C=O) groups is 2. The molecule has 1 N–H and O–H groups in total. The molecule has 0 spiro atoms. The van der Waals surface area contributed by atoms with Crippen LogP contribution in [-0.4, -0.2) is 49.9 Å². The first-order valence-electron chi connectivity index (χ1n) is 13.6. The number of benzene rings is 3. The second kappa shape index (κ2) is 13.8. The molecule has 0 aliphatic rings. The molecule has 0 saturated carbocycles. The molecule has 3 aromatic rings. The normalized spacial score (nSPS) is 12.4. The molecule has 42 heavy (non-hydrogen) atoms. The van der Waals surface area contributed by atoms with Gasteiger partial charge < -0.3 is 15.0 Å². The first kappa shape index (κ1) is 32.5. The summed E-state index contributed by atoms with van der Waals surface area (Å²) in [4.78, 5) is 28.5. The van der Waals surface area contributed by atoms with Crippen molar-refractivity contribution in [2.24, 2.45) is 0 Å². The summed E-state index contributed by atoms with van der Waals surface area (Å²) in [6.07, 6.45) is 0.239. The van der Waals surface area contributed by atoms with E-state index in [2.05, 4.69) is 5.32 Å². The van der Waals surface area contributed by atoms with Gasteiger partial charge in [0.05, 0.1) is 17.2 Å². The Morgan fingerprint density at radius 1 is 0.881 bits per heavy atom. The van der Waals surface area contributed by atoms with Crippen LogP contribution in [0.4, 0.5) is 14.5 Å². The first-order chi connectivity index (χ1) is 19.7. The third kappa shape index (κ3) is 8.51. The molecule has 0 radical (unpaired) electrons. The number of carbonyl (C=O) groups excluding carboxylic acids is 2. The lowest BCUT2D eigenvalue weighted by atomic mass is 10.1. The highest BCUT2D eigenvalue weighted by atomic mass is 32.2. The van der Waals surface area contributed by atoms with E-state index in [0.717, 1.165) is 28.6 Å². The fraction of sp³-hybridized carbons (Fsp3) is 0.355. The monoisotopic (exact) mass is 601 g/mol. The molecule has 0 bridgehead atoms. The Kier molecular flexibility index (Phi) is 10.7. The summed E-state index contributed by atoms with van der Waals surface area (Å²) in [5, 5.41) is 2.89. The molecule has 2 amide bonds. The van der Waals surface area contributed by atoms with E-state index in [9.17, 15) is 26.8 Å². The highest BCUT2D eigenvalue weighted by Crippen LogP contribution is 2.27. The molecular formula is C31H37F2N3O5S. The molecule has 3 rings (SSSR count). The zero-order chi connectivity index (χ0) is 31.1. The lowest BCUT2D eigenvalue weighted by molar-refractivity contribution is -0.141. The van der Waals surface area contributed by atoms with E-state index in [-0.39, 0.29) is 23.5 Å². The number of anilines is 1. The van der Waals surface area contributed by atoms with E-state index in [1.807, 2.05) is 27.7 Å². The minimum absolute atomic E-state index is 0.0666. The third-order valence-electron chi connectivity index (χ3n) is 6.27. The van der Waals surface area contributed by atoms with Crippen LogP contribution in [0.2, 0.25) is 0 Å². The first-order valence-corrected chi connectivity index (χ1v) is 15.1. The van der Waals surface area contributed by atoms with Crippen LogP contribution in [0, 0.1) is 11.6 Å². The molecule has 1 unspecified atom stereocenters. The van der Waals surface area contributed by atoms with Gasteiger partial charge in [-0.05, 0) is 100 Å². The van der Waals surface area contributed by atoms with Crippen LogP contribution in [0.5, 0.6) is 5.75 Å². The van der Waals surface area contributed by atoms with Gasteiger partial charge in [-0.1, -0.05) is 19.1 Å². The standard InChI is InChI=1S/C31H37F2N3O5S/c1-6-28(30(38)34-31(3,4)5)35(20-22-8-10-23(32)11-9-22)29(37)21-36(25-14-16-26(17-15-25)41-7-2)42(39,40)27-18-12-24(33)13-19-27/h8-19,28H,6-7,20-21H2,1-5H3,(H,34,38). The second-order valence-corrected chi connectivity index (χ2v) is 12.6. The van der Waals surface area contributed by atoms with E-state index < -0.39 is 51.6 Å². The molecule has 0 aliphatic heterocycles. The van der Waals surface area contributed by atoms with Crippen molar-refractivity contribution in [2.45, 2.75) is 64.1 Å². The molecule has 8 nitrogen and oxygen atoms in total. The third-order valence-corrected chi connectivity index (χ3v) is 8.05. The smallest absolute Gasteiger partial charge is 0.264 e. The topological polar surface area (TPSA) is 96.0 Å². The van der Waals surface area contributed by atoms with Crippen LogP contribution in [0.3, 0.4) is 0 Å². The van der Waals surface area contributed by atoms with Gasteiger partial charge in [0.2, 0.25) is 11.8 Å². The van der Waals surface area contributed by atoms with Gasteiger partial charge >= 0.3 is 0 Å². The van der Waals surface area contributed by atoms with Crippen LogP contribution >= 0.6 is 0 Å². The summed E-state index contributed by atoms with van der Waals surface area (Å²) in [5.41, 5.74) is 0.140. The van der Waals surface area contributed by atoms with Crippen molar-refractivity contribution in [1.29, 1.82) is 0 Å². The van der Waals surface area contributed by atoms with Crippen LogP contribution in [0.1, 0.15) is 46.6 Å². The van der Waals surface area contributed by atoms with E-state index in [4.69, 9.17) is 4.74 Å². The van der Waals surface area contributed by atoms with Crippen LogP contribution in [0.15, 0.2) is 77.7 Å². The zero-order valence-electron chi connectivity index (χ0n) is 24.4. The Balaban J connectivity index is 2.07. The Hall–Kier alpha value is -3.99. The zero-order valence-corrected chi connectivity index (χ0v) is 25.3. The minimum atomic E-state index is -4.36. The second-order valence-electron chi connectivity index (χ2n) is 10.7.